The predicted molar refractivity (Wildman–Crippen MR) is 109 cm³/mol. The lowest BCUT2D eigenvalue weighted by Crippen LogP contribution is -2.06. The van der Waals surface area contributed by atoms with Crippen molar-refractivity contribution in [3.8, 4) is 10.4 Å². The topological polar surface area (TPSA) is 62.7 Å². The monoisotopic (exact) mass is 361 g/mol. The van der Waals surface area contributed by atoms with E-state index in [0.717, 1.165) is 28.1 Å². The molecule has 0 aliphatic heterocycles. The van der Waals surface area contributed by atoms with Gasteiger partial charge in [0, 0.05) is 30.4 Å². The summed E-state index contributed by atoms with van der Waals surface area (Å²) >= 11 is 1.71. The van der Waals surface area contributed by atoms with E-state index in [0.29, 0.717) is 12.5 Å². The normalized spacial score (nSPS) is 10.8. The van der Waals surface area contributed by atoms with Crippen LogP contribution in [0.4, 0.5) is 11.8 Å². The van der Waals surface area contributed by atoms with Gasteiger partial charge in [0.25, 0.3) is 0 Å². The molecule has 0 aliphatic carbocycles. The zero-order valence-electron chi connectivity index (χ0n) is 14.4. The highest BCUT2D eigenvalue weighted by atomic mass is 32.1. The van der Waals surface area contributed by atoms with Crippen molar-refractivity contribution in [3.63, 3.8) is 0 Å². The molecule has 2 N–H and O–H groups in total. The lowest BCUT2D eigenvalue weighted by molar-refractivity contribution is 1.07. The summed E-state index contributed by atoms with van der Waals surface area (Å²) in [5.74, 6) is 1.49. The van der Waals surface area contributed by atoms with Crippen molar-refractivity contribution in [1.82, 2.24) is 15.0 Å². The summed E-state index contributed by atoms with van der Waals surface area (Å²) < 4.78 is 1.06. The summed E-state index contributed by atoms with van der Waals surface area (Å²) in [6.45, 7) is 3.49. The van der Waals surface area contributed by atoms with E-state index >= 15 is 0 Å². The fraction of sp³-hybridized carbons (Fsp3) is 0.150. The van der Waals surface area contributed by atoms with Crippen molar-refractivity contribution >= 4 is 33.3 Å². The maximum Gasteiger partial charge on any atom is 0.225 e. The van der Waals surface area contributed by atoms with Crippen LogP contribution in [0, 0.1) is 0 Å². The van der Waals surface area contributed by atoms with E-state index < -0.39 is 0 Å². The second-order valence-electron chi connectivity index (χ2n) is 5.83. The highest BCUT2D eigenvalue weighted by Crippen LogP contribution is 2.36. The van der Waals surface area contributed by atoms with Gasteiger partial charge in [-0.25, -0.2) is 4.98 Å². The first-order chi connectivity index (χ1) is 12.8. The first kappa shape index (κ1) is 16.5. The molecule has 26 heavy (non-hydrogen) atoms. The third kappa shape index (κ3) is 3.50. The molecule has 0 fully saturated rings. The van der Waals surface area contributed by atoms with Gasteiger partial charge in [0.05, 0.1) is 10.2 Å². The van der Waals surface area contributed by atoms with E-state index in [1.165, 1.54) is 10.4 Å². The van der Waals surface area contributed by atoms with Crippen molar-refractivity contribution < 1.29 is 0 Å². The number of aromatic nitrogens is 3. The molecular formula is C20H19N5S. The Bertz CT molecular complexity index is 999. The molecular weight excluding hydrogens is 342 g/mol. The van der Waals surface area contributed by atoms with Crippen molar-refractivity contribution in [2.45, 2.75) is 13.5 Å². The fourth-order valence-electron chi connectivity index (χ4n) is 2.72. The minimum Gasteiger partial charge on any atom is -0.365 e. The lowest BCUT2D eigenvalue weighted by Gasteiger charge is -2.09. The van der Waals surface area contributed by atoms with E-state index in [1.54, 1.807) is 17.5 Å². The Morgan fingerprint density at radius 2 is 1.88 bits per heavy atom. The summed E-state index contributed by atoms with van der Waals surface area (Å²) in [6.07, 6.45) is 3.64. The van der Waals surface area contributed by atoms with Gasteiger partial charge >= 0.3 is 0 Å². The molecule has 0 radical (unpaired) electrons. The molecule has 5 nitrogen and oxygen atoms in total. The maximum atomic E-state index is 4.67. The number of hydrogen-bond acceptors (Lipinski definition) is 6. The molecule has 0 saturated carbocycles. The lowest BCUT2D eigenvalue weighted by atomic mass is 10.2. The summed E-state index contributed by atoms with van der Waals surface area (Å²) in [6, 6.07) is 16.5. The molecule has 3 aromatic heterocycles. The molecule has 4 aromatic rings. The molecule has 0 amide bonds. The Kier molecular flexibility index (Phi) is 4.75. The number of fused-ring (bicyclic) bond motifs is 1. The maximum absolute atomic E-state index is 4.67. The SMILES string of the molecule is CCNc1nc(NCc2cccnc2)c2sc(-c3ccccc3)cc2n1. The zero-order valence-corrected chi connectivity index (χ0v) is 15.3. The highest BCUT2D eigenvalue weighted by molar-refractivity contribution is 7.22. The van der Waals surface area contributed by atoms with Gasteiger partial charge in [0.1, 0.15) is 5.82 Å². The Morgan fingerprint density at radius 3 is 2.65 bits per heavy atom. The molecule has 0 spiro atoms. The Hall–Kier alpha value is -2.99. The second kappa shape index (κ2) is 7.49. The smallest absolute Gasteiger partial charge is 0.225 e. The van der Waals surface area contributed by atoms with Crippen LogP contribution in [-0.4, -0.2) is 21.5 Å². The number of nitrogens with zero attached hydrogens (tertiary/aromatic N) is 3. The molecule has 1 aromatic carbocycles. The van der Waals surface area contributed by atoms with Crippen LogP contribution >= 0.6 is 11.3 Å². The summed E-state index contributed by atoms with van der Waals surface area (Å²) in [5.41, 5.74) is 3.26. The van der Waals surface area contributed by atoms with Crippen molar-refractivity contribution in [2.24, 2.45) is 0 Å². The quantitative estimate of drug-likeness (QED) is 0.517. The Balaban J connectivity index is 1.72. The summed E-state index contributed by atoms with van der Waals surface area (Å²) in [5, 5.41) is 6.66. The van der Waals surface area contributed by atoms with Gasteiger partial charge in [-0.05, 0) is 30.2 Å². The van der Waals surface area contributed by atoms with Gasteiger partial charge in [-0.15, -0.1) is 11.3 Å². The first-order valence-corrected chi connectivity index (χ1v) is 9.39. The van der Waals surface area contributed by atoms with Crippen LogP contribution in [0.2, 0.25) is 0 Å². The number of thiophene rings is 1. The zero-order chi connectivity index (χ0) is 17.8. The van der Waals surface area contributed by atoms with E-state index in [4.69, 9.17) is 0 Å². The van der Waals surface area contributed by atoms with Gasteiger partial charge in [0.15, 0.2) is 0 Å². The van der Waals surface area contributed by atoms with Gasteiger partial charge in [-0.1, -0.05) is 36.4 Å². The molecule has 0 bridgehead atoms. The van der Waals surface area contributed by atoms with Crippen LogP contribution in [-0.2, 0) is 6.54 Å². The number of pyridine rings is 1. The predicted octanol–water partition coefficient (Wildman–Crippen LogP) is 4.80. The molecule has 0 unspecified atom stereocenters. The Morgan fingerprint density at radius 1 is 1.00 bits per heavy atom. The molecule has 6 heteroatoms. The van der Waals surface area contributed by atoms with Crippen LogP contribution in [0.25, 0.3) is 20.7 Å². The Labute approximate surface area is 156 Å². The molecule has 0 atom stereocenters. The van der Waals surface area contributed by atoms with E-state index in [-0.39, 0.29) is 0 Å². The number of hydrogen-bond donors (Lipinski definition) is 2. The van der Waals surface area contributed by atoms with Gasteiger partial charge < -0.3 is 10.6 Å². The van der Waals surface area contributed by atoms with Crippen LogP contribution in [0.5, 0.6) is 0 Å². The number of anilines is 2. The molecule has 4 rings (SSSR count). The van der Waals surface area contributed by atoms with Crippen molar-refractivity contribution in [1.29, 1.82) is 0 Å². The summed E-state index contributed by atoms with van der Waals surface area (Å²) in [7, 11) is 0. The van der Waals surface area contributed by atoms with Crippen molar-refractivity contribution in [3.05, 3.63) is 66.5 Å². The minimum absolute atomic E-state index is 0.645. The van der Waals surface area contributed by atoms with Crippen LogP contribution < -0.4 is 10.6 Å². The van der Waals surface area contributed by atoms with Gasteiger partial charge in [0.2, 0.25) is 5.95 Å². The van der Waals surface area contributed by atoms with Crippen LogP contribution in [0.1, 0.15) is 12.5 Å². The van der Waals surface area contributed by atoms with E-state index in [9.17, 15) is 0 Å². The first-order valence-electron chi connectivity index (χ1n) is 8.57. The standard InChI is InChI=1S/C20H19N5S/c1-2-22-20-24-16-11-17(15-8-4-3-5-9-15)26-18(16)19(25-20)23-13-14-7-6-10-21-12-14/h3-12H,2,13H2,1H3,(H2,22,23,24,25). The average molecular weight is 361 g/mol. The second-order valence-corrected chi connectivity index (χ2v) is 6.88. The van der Waals surface area contributed by atoms with E-state index in [2.05, 4.69) is 55.9 Å². The third-order valence-corrected chi connectivity index (χ3v) is 5.13. The largest absolute Gasteiger partial charge is 0.365 e. The minimum atomic E-state index is 0.645. The molecule has 130 valence electrons. The number of rotatable bonds is 6. The third-order valence-electron chi connectivity index (χ3n) is 3.95. The van der Waals surface area contributed by atoms with Gasteiger partial charge in [-0.2, -0.15) is 4.98 Å². The number of benzene rings is 1. The molecule has 0 saturated heterocycles. The summed E-state index contributed by atoms with van der Waals surface area (Å²) in [4.78, 5) is 14.7. The van der Waals surface area contributed by atoms with Crippen LogP contribution in [0.15, 0.2) is 60.9 Å². The van der Waals surface area contributed by atoms with Gasteiger partial charge in [-0.3, -0.25) is 4.98 Å². The average Bonchev–Trinajstić information content (AvgIpc) is 3.12. The fourth-order valence-corrected chi connectivity index (χ4v) is 3.79. The van der Waals surface area contributed by atoms with Crippen LogP contribution in [0.3, 0.4) is 0 Å². The number of nitrogens with one attached hydrogen (secondary N) is 2. The van der Waals surface area contributed by atoms with E-state index in [1.807, 2.05) is 31.3 Å². The highest BCUT2D eigenvalue weighted by Gasteiger charge is 2.13. The molecule has 3 heterocycles. The van der Waals surface area contributed by atoms with Crippen molar-refractivity contribution in [2.75, 3.05) is 17.2 Å². The molecule has 0 aliphatic rings.